The summed E-state index contributed by atoms with van der Waals surface area (Å²) >= 11 is 7.49. The zero-order valence-electron chi connectivity index (χ0n) is 39.1. The Labute approximate surface area is 424 Å². The number of aromatic nitrogens is 4. The highest BCUT2D eigenvalue weighted by atomic mass is 127. The number of benzene rings is 5. The van der Waals surface area contributed by atoms with E-state index < -0.39 is 0 Å². The molecule has 2 aromatic heterocycles. The highest BCUT2D eigenvalue weighted by molar-refractivity contribution is 14.1. The van der Waals surface area contributed by atoms with E-state index in [-0.39, 0.29) is 10.8 Å². The average Bonchev–Trinajstić information content (AvgIpc) is 4.12. The molecule has 4 nitrogen and oxygen atoms in total. The molecule has 0 bridgehead atoms. The van der Waals surface area contributed by atoms with E-state index in [1.165, 1.54) is 211 Å². The zero-order chi connectivity index (χ0) is 45.0. The minimum Gasteiger partial charge on any atom is -0.172 e. The molecule has 2 aliphatic carbocycles. The number of hydrogen-bond donors (Lipinski definition) is 0. The molecule has 2 aliphatic rings. The van der Waals surface area contributed by atoms with Gasteiger partial charge < -0.3 is 0 Å². The van der Waals surface area contributed by atoms with Crippen LogP contribution in [-0.4, -0.2) is 17.5 Å². The van der Waals surface area contributed by atoms with E-state index in [2.05, 4.69) is 146 Å². The molecule has 1 atom stereocenters. The highest BCUT2D eigenvalue weighted by Gasteiger charge is 2.47. The lowest BCUT2D eigenvalue weighted by molar-refractivity contribution is 0.398. The lowest BCUT2D eigenvalue weighted by Gasteiger charge is -2.34. The number of halogens is 2. The lowest BCUT2D eigenvalue weighted by Crippen LogP contribution is -2.26. The van der Waals surface area contributed by atoms with Gasteiger partial charge in [0.1, 0.15) is 22.1 Å². The molecule has 2 heterocycles. The number of unbranched alkanes of at least 4 members (excludes halogenated alkanes) is 15. The van der Waals surface area contributed by atoms with E-state index >= 15 is 0 Å². The molecule has 9 rings (SSSR count). The van der Waals surface area contributed by atoms with Gasteiger partial charge in [0.2, 0.25) is 0 Å². The van der Waals surface area contributed by atoms with Gasteiger partial charge in [-0.2, -0.15) is 17.5 Å². The fraction of sp³-hybridized carbons (Fsp3) is 0.474. The molecule has 1 unspecified atom stereocenters. The average molecular weight is 1130 g/mol. The number of rotatable bonds is 23. The maximum absolute atomic E-state index is 4.88. The fourth-order valence-electron chi connectivity index (χ4n) is 11.7. The lowest BCUT2D eigenvalue weighted by atomic mass is 9.69. The van der Waals surface area contributed by atoms with E-state index in [1.807, 2.05) is 0 Å². The Balaban J connectivity index is 1.20. The van der Waals surface area contributed by atoms with Gasteiger partial charge in [-0.15, -0.1) is 0 Å². The van der Waals surface area contributed by atoms with Crippen LogP contribution in [0, 0.1) is 7.14 Å². The first-order chi connectivity index (χ1) is 31.8. The van der Waals surface area contributed by atoms with Crippen molar-refractivity contribution in [2.45, 2.75) is 173 Å². The summed E-state index contributed by atoms with van der Waals surface area (Å²) in [5.41, 5.74) is 20.9. The molecule has 8 heteroatoms. The molecule has 0 saturated heterocycles. The Morgan fingerprint density at radius 1 is 0.385 bits per heavy atom. The van der Waals surface area contributed by atoms with Crippen LogP contribution in [0.3, 0.4) is 0 Å². The SMILES string of the molecule is CCCCCCCCC1(C)c2cc(-c3ccc(I)c4nsnc34)ccc2-c2cc3c(cc21)-c1ccc(-c2ccc(I)c4nsnc24)cc1C3(CCCCCCCC)CCCCCCCC. The second-order valence-corrected chi connectivity index (χ2v) is 22.9. The first-order valence-electron chi connectivity index (χ1n) is 25.1. The van der Waals surface area contributed by atoms with Gasteiger partial charge >= 0.3 is 0 Å². The van der Waals surface area contributed by atoms with Crippen LogP contribution in [0.2, 0.25) is 0 Å². The van der Waals surface area contributed by atoms with Crippen molar-refractivity contribution in [3.8, 4) is 44.5 Å². The molecule has 0 saturated carbocycles. The van der Waals surface area contributed by atoms with Gasteiger partial charge in [-0.3, -0.25) is 0 Å². The largest absolute Gasteiger partial charge is 0.172 e. The van der Waals surface area contributed by atoms with Crippen molar-refractivity contribution in [3.05, 3.63) is 102 Å². The van der Waals surface area contributed by atoms with Crippen LogP contribution < -0.4 is 0 Å². The first-order valence-corrected chi connectivity index (χ1v) is 28.8. The quantitative estimate of drug-likeness (QED) is 0.0473. The van der Waals surface area contributed by atoms with Crippen molar-refractivity contribution in [1.29, 1.82) is 0 Å². The van der Waals surface area contributed by atoms with Crippen LogP contribution in [0.25, 0.3) is 66.6 Å². The van der Waals surface area contributed by atoms with E-state index in [0.717, 1.165) is 32.1 Å². The number of hydrogen-bond acceptors (Lipinski definition) is 6. The Bertz CT molecular complexity index is 2750. The van der Waals surface area contributed by atoms with Crippen molar-refractivity contribution in [2.75, 3.05) is 0 Å². The van der Waals surface area contributed by atoms with Crippen molar-refractivity contribution in [2.24, 2.45) is 0 Å². The van der Waals surface area contributed by atoms with Gasteiger partial charge in [0.05, 0.1) is 23.5 Å². The minimum atomic E-state index is -0.0998. The summed E-state index contributed by atoms with van der Waals surface area (Å²) in [5.74, 6) is 0. The van der Waals surface area contributed by atoms with Crippen molar-refractivity contribution in [1.82, 2.24) is 17.5 Å². The predicted molar refractivity (Wildman–Crippen MR) is 297 cm³/mol. The molecular weight excluding hydrogens is 1060 g/mol. The predicted octanol–water partition coefficient (Wildman–Crippen LogP) is 19.0. The maximum atomic E-state index is 4.88. The molecule has 0 spiro atoms. The monoisotopic (exact) mass is 1120 g/mol. The van der Waals surface area contributed by atoms with Gasteiger partial charge in [0.25, 0.3) is 0 Å². The number of nitrogens with zero attached hydrogens (tertiary/aromatic N) is 4. The topological polar surface area (TPSA) is 51.6 Å². The van der Waals surface area contributed by atoms with Crippen LogP contribution in [0.5, 0.6) is 0 Å². The summed E-state index contributed by atoms with van der Waals surface area (Å²) in [6.45, 7) is 9.56. The van der Waals surface area contributed by atoms with Crippen LogP contribution in [0.1, 0.15) is 185 Å². The fourth-order valence-corrected chi connectivity index (χ4v) is 14.3. The third-order valence-electron chi connectivity index (χ3n) is 15.3. The summed E-state index contributed by atoms with van der Waals surface area (Å²) in [5, 5.41) is 0. The van der Waals surface area contributed by atoms with Crippen LogP contribution in [0.4, 0.5) is 0 Å². The van der Waals surface area contributed by atoms with Crippen LogP contribution >= 0.6 is 68.6 Å². The smallest absolute Gasteiger partial charge is 0.118 e. The number of fused-ring (bicyclic) bond motifs is 8. The summed E-state index contributed by atoms with van der Waals surface area (Å²) in [6.07, 6.45) is 27.1. The molecule has 65 heavy (non-hydrogen) atoms. The van der Waals surface area contributed by atoms with Crippen molar-refractivity contribution >= 4 is 90.7 Å². The first kappa shape index (κ1) is 47.3. The summed E-state index contributed by atoms with van der Waals surface area (Å²) in [6, 6.07) is 29.4. The van der Waals surface area contributed by atoms with Crippen LogP contribution in [0.15, 0.2) is 72.8 Å². The minimum absolute atomic E-state index is 0.0450. The molecule has 0 aliphatic heterocycles. The molecule has 0 radical (unpaired) electrons. The molecule has 5 aromatic carbocycles. The van der Waals surface area contributed by atoms with Gasteiger partial charge in [0.15, 0.2) is 0 Å². The Hall–Kier alpha value is -2.80. The summed E-state index contributed by atoms with van der Waals surface area (Å²) in [7, 11) is 0. The van der Waals surface area contributed by atoms with Gasteiger partial charge in [-0.1, -0.05) is 180 Å². The van der Waals surface area contributed by atoms with Crippen molar-refractivity contribution in [3.63, 3.8) is 0 Å². The molecular formula is C57H66I2N4S2. The third-order valence-corrected chi connectivity index (χ3v) is 18.1. The molecule has 340 valence electrons. The zero-order valence-corrected chi connectivity index (χ0v) is 45.1. The van der Waals surface area contributed by atoms with Crippen LogP contribution in [-0.2, 0) is 10.8 Å². The third kappa shape index (κ3) is 9.26. The Morgan fingerprint density at radius 2 is 0.754 bits per heavy atom. The Morgan fingerprint density at radius 3 is 1.28 bits per heavy atom. The normalized spacial score (nSPS) is 15.8. The van der Waals surface area contributed by atoms with E-state index in [1.54, 1.807) is 11.1 Å². The van der Waals surface area contributed by atoms with Gasteiger partial charge in [-0.25, -0.2) is 0 Å². The van der Waals surface area contributed by atoms with E-state index in [9.17, 15) is 0 Å². The summed E-state index contributed by atoms with van der Waals surface area (Å²) < 4.78 is 21.5. The standard InChI is InChI=1S/C57H66I2N4S2/c1-5-8-11-14-17-20-31-56(4)46-34-38(40-27-29-50(58)54-52(40)60-64-62-54)23-25-42(46)44-37-49-45(36-47(44)56)43-26-24-39(41-28-30-51(59)55-53(41)61-65-63-55)35-48(43)57(49,32-21-18-15-12-9-6-2)33-22-19-16-13-10-7-3/h23-30,34-37H,5-22,31-33H2,1-4H3. The van der Waals surface area contributed by atoms with E-state index in [0.29, 0.717) is 0 Å². The second kappa shape index (κ2) is 21.2. The Kier molecular flexibility index (Phi) is 15.4. The molecule has 0 fully saturated rings. The van der Waals surface area contributed by atoms with Gasteiger partial charge in [-0.05, 0) is 156 Å². The van der Waals surface area contributed by atoms with E-state index in [4.69, 9.17) is 17.5 Å². The molecule has 7 aromatic rings. The highest BCUT2D eigenvalue weighted by Crippen LogP contribution is 2.60. The molecule has 0 amide bonds. The maximum Gasteiger partial charge on any atom is 0.118 e. The summed E-state index contributed by atoms with van der Waals surface area (Å²) in [4.78, 5) is 0. The van der Waals surface area contributed by atoms with Crippen molar-refractivity contribution < 1.29 is 0 Å². The molecule has 0 N–H and O–H groups in total. The van der Waals surface area contributed by atoms with Gasteiger partial charge in [0, 0.05) is 29.1 Å². The second-order valence-electron chi connectivity index (χ2n) is 19.5.